The third kappa shape index (κ3) is 4.30. The molecule has 3 aromatic rings. The van der Waals surface area contributed by atoms with Crippen LogP contribution >= 0.6 is 11.6 Å². The zero-order chi connectivity index (χ0) is 20.9. The van der Waals surface area contributed by atoms with Crippen molar-refractivity contribution < 1.29 is 4.74 Å². The molecule has 1 fully saturated rings. The van der Waals surface area contributed by atoms with Gasteiger partial charge in [-0.2, -0.15) is 0 Å². The Kier molecular flexibility index (Phi) is 6.26. The second kappa shape index (κ2) is 9.24. The van der Waals surface area contributed by atoms with E-state index >= 15 is 0 Å². The van der Waals surface area contributed by atoms with Crippen molar-refractivity contribution in [3.63, 3.8) is 0 Å². The summed E-state index contributed by atoms with van der Waals surface area (Å²) in [5.74, 6) is 1.37. The van der Waals surface area contributed by atoms with E-state index in [-0.39, 0.29) is 0 Å². The Bertz CT molecular complexity index is 1030. The van der Waals surface area contributed by atoms with Crippen molar-refractivity contribution in [3.05, 3.63) is 65.7 Å². The van der Waals surface area contributed by atoms with E-state index in [2.05, 4.69) is 21.9 Å². The number of hydrogen-bond donors (Lipinski definition) is 1. The molecule has 1 saturated heterocycles. The smallest absolute Gasteiger partial charge is 0.222 e. The number of hydrogen-bond acceptors (Lipinski definition) is 5. The van der Waals surface area contributed by atoms with Gasteiger partial charge in [0.25, 0.3) is 0 Å². The van der Waals surface area contributed by atoms with E-state index in [1.165, 1.54) is 0 Å². The van der Waals surface area contributed by atoms with Crippen molar-refractivity contribution in [2.24, 2.45) is 0 Å². The molecule has 154 valence electrons. The SMILES string of the molecule is C=Cc1c(/C=C\C)nc(-c2cnc(NC3CCOCC3)nc2)n1-c1ccc(Cl)cc1. The maximum absolute atomic E-state index is 6.09. The average Bonchev–Trinajstić information content (AvgIpc) is 3.14. The molecule has 0 unspecified atom stereocenters. The summed E-state index contributed by atoms with van der Waals surface area (Å²) < 4.78 is 7.45. The van der Waals surface area contributed by atoms with E-state index in [0.29, 0.717) is 17.0 Å². The van der Waals surface area contributed by atoms with E-state index in [1.54, 1.807) is 12.4 Å². The average molecular weight is 422 g/mol. The zero-order valence-corrected chi connectivity index (χ0v) is 17.6. The number of anilines is 1. The molecule has 0 saturated carbocycles. The van der Waals surface area contributed by atoms with Crippen molar-refractivity contribution in [1.29, 1.82) is 0 Å². The molecule has 0 spiro atoms. The molecular weight excluding hydrogens is 398 g/mol. The first-order valence-corrected chi connectivity index (χ1v) is 10.4. The largest absolute Gasteiger partial charge is 0.381 e. The molecule has 1 aromatic carbocycles. The molecular formula is C23H24ClN5O. The Labute approximate surface area is 181 Å². The van der Waals surface area contributed by atoms with Gasteiger partial charge in [-0.15, -0.1) is 0 Å². The highest BCUT2D eigenvalue weighted by Gasteiger charge is 2.18. The van der Waals surface area contributed by atoms with Gasteiger partial charge in [0.15, 0.2) is 0 Å². The molecule has 7 heteroatoms. The van der Waals surface area contributed by atoms with Crippen molar-refractivity contribution in [1.82, 2.24) is 19.5 Å². The van der Waals surface area contributed by atoms with Crippen LogP contribution in [-0.2, 0) is 4.74 Å². The van der Waals surface area contributed by atoms with Gasteiger partial charge >= 0.3 is 0 Å². The Morgan fingerprint density at radius 3 is 2.50 bits per heavy atom. The second-order valence-electron chi connectivity index (χ2n) is 7.05. The van der Waals surface area contributed by atoms with Gasteiger partial charge in [-0.25, -0.2) is 15.0 Å². The minimum atomic E-state index is 0.342. The standard InChI is InChI=1S/C23H24ClN5O/c1-3-5-20-21(4-2)29(19-8-6-17(24)7-9-19)22(28-20)16-14-25-23(26-15-16)27-18-10-12-30-13-11-18/h3-9,14-15,18H,2,10-13H2,1H3,(H,25,26,27)/b5-3-. The highest BCUT2D eigenvalue weighted by atomic mass is 35.5. The summed E-state index contributed by atoms with van der Waals surface area (Å²) in [6.07, 6.45) is 11.3. The topological polar surface area (TPSA) is 64.9 Å². The van der Waals surface area contributed by atoms with Gasteiger partial charge in [0, 0.05) is 42.4 Å². The van der Waals surface area contributed by atoms with Crippen LogP contribution in [0.2, 0.25) is 5.02 Å². The maximum Gasteiger partial charge on any atom is 0.222 e. The number of nitrogens with one attached hydrogen (secondary N) is 1. The fourth-order valence-electron chi connectivity index (χ4n) is 3.51. The number of rotatable bonds is 6. The molecule has 3 heterocycles. The lowest BCUT2D eigenvalue weighted by Crippen LogP contribution is -2.28. The zero-order valence-electron chi connectivity index (χ0n) is 16.9. The van der Waals surface area contributed by atoms with Gasteiger partial charge in [0.2, 0.25) is 5.95 Å². The fourth-order valence-corrected chi connectivity index (χ4v) is 3.64. The molecule has 0 atom stereocenters. The summed E-state index contributed by atoms with van der Waals surface area (Å²) in [5.41, 5.74) is 3.50. The monoisotopic (exact) mass is 421 g/mol. The Balaban J connectivity index is 1.72. The van der Waals surface area contributed by atoms with Gasteiger partial charge in [0.05, 0.1) is 17.0 Å². The van der Waals surface area contributed by atoms with E-state index in [9.17, 15) is 0 Å². The van der Waals surface area contributed by atoms with Crippen LogP contribution in [-0.4, -0.2) is 38.8 Å². The van der Waals surface area contributed by atoms with Crippen LogP contribution < -0.4 is 5.32 Å². The lowest BCUT2D eigenvalue weighted by Gasteiger charge is -2.22. The second-order valence-corrected chi connectivity index (χ2v) is 7.48. The van der Waals surface area contributed by atoms with E-state index in [4.69, 9.17) is 21.3 Å². The summed E-state index contributed by atoms with van der Waals surface area (Å²) in [5, 5.41) is 4.07. The van der Waals surface area contributed by atoms with Gasteiger partial charge in [-0.05, 0) is 56.2 Å². The van der Waals surface area contributed by atoms with Crippen LogP contribution in [0.25, 0.3) is 29.2 Å². The summed E-state index contributed by atoms with van der Waals surface area (Å²) in [7, 11) is 0. The number of allylic oxidation sites excluding steroid dienone is 1. The quantitative estimate of drug-likeness (QED) is 0.588. The van der Waals surface area contributed by atoms with Crippen molar-refractivity contribution >= 4 is 29.7 Å². The lowest BCUT2D eigenvalue weighted by molar-refractivity contribution is 0.0903. The predicted molar refractivity (Wildman–Crippen MR) is 122 cm³/mol. The summed E-state index contributed by atoms with van der Waals surface area (Å²) in [6.45, 7) is 7.50. The van der Waals surface area contributed by atoms with Crippen LogP contribution in [0.4, 0.5) is 5.95 Å². The number of benzene rings is 1. The number of imidazole rings is 1. The molecule has 2 aromatic heterocycles. The third-order valence-corrected chi connectivity index (χ3v) is 5.26. The molecule has 6 nitrogen and oxygen atoms in total. The minimum absolute atomic E-state index is 0.342. The lowest BCUT2D eigenvalue weighted by atomic mass is 10.1. The van der Waals surface area contributed by atoms with E-state index in [0.717, 1.165) is 54.5 Å². The molecule has 0 bridgehead atoms. The van der Waals surface area contributed by atoms with Crippen LogP contribution in [0.3, 0.4) is 0 Å². The third-order valence-electron chi connectivity index (χ3n) is 5.01. The number of aromatic nitrogens is 4. The van der Waals surface area contributed by atoms with E-state index < -0.39 is 0 Å². The van der Waals surface area contributed by atoms with Gasteiger partial charge in [0.1, 0.15) is 5.82 Å². The molecule has 30 heavy (non-hydrogen) atoms. The van der Waals surface area contributed by atoms with Gasteiger partial charge < -0.3 is 10.1 Å². The summed E-state index contributed by atoms with van der Waals surface area (Å²) >= 11 is 6.09. The van der Waals surface area contributed by atoms with Gasteiger partial charge in [-0.1, -0.05) is 24.3 Å². The van der Waals surface area contributed by atoms with Crippen molar-refractivity contribution in [2.75, 3.05) is 18.5 Å². The molecule has 1 aliphatic rings. The first kappa shape index (κ1) is 20.3. The summed E-state index contributed by atoms with van der Waals surface area (Å²) in [6, 6.07) is 7.99. The normalized spacial score (nSPS) is 14.9. The highest BCUT2D eigenvalue weighted by molar-refractivity contribution is 6.30. The molecule has 1 N–H and O–H groups in total. The van der Waals surface area contributed by atoms with Crippen LogP contribution in [0.5, 0.6) is 0 Å². The molecule has 0 radical (unpaired) electrons. The van der Waals surface area contributed by atoms with Crippen LogP contribution in [0.15, 0.2) is 49.3 Å². The van der Waals surface area contributed by atoms with Crippen molar-refractivity contribution in [2.45, 2.75) is 25.8 Å². The van der Waals surface area contributed by atoms with Gasteiger partial charge in [-0.3, -0.25) is 4.57 Å². The predicted octanol–water partition coefficient (Wildman–Crippen LogP) is 5.25. The Morgan fingerprint density at radius 2 is 1.87 bits per heavy atom. The Morgan fingerprint density at radius 1 is 1.17 bits per heavy atom. The molecule has 0 amide bonds. The molecule has 1 aliphatic heterocycles. The number of ether oxygens (including phenoxy) is 1. The fraction of sp³-hybridized carbons (Fsp3) is 0.261. The number of nitrogens with zero attached hydrogens (tertiary/aromatic N) is 4. The molecule has 0 aliphatic carbocycles. The highest BCUT2D eigenvalue weighted by Crippen LogP contribution is 2.28. The molecule has 4 rings (SSSR count). The first-order valence-electron chi connectivity index (χ1n) is 10.00. The maximum atomic E-state index is 6.09. The first-order chi connectivity index (χ1) is 14.7. The van der Waals surface area contributed by atoms with E-state index in [1.807, 2.05) is 54.0 Å². The van der Waals surface area contributed by atoms with Crippen molar-refractivity contribution in [3.8, 4) is 17.1 Å². The Hall–Kier alpha value is -2.96. The summed E-state index contributed by atoms with van der Waals surface area (Å²) in [4.78, 5) is 13.9. The minimum Gasteiger partial charge on any atom is -0.381 e. The van der Waals surface area contributed by atoms with Crippen LogP contribution in [0, 0.1) is 0 Å². The van der Waals surface area contributed by atoms with Crippen LogP contribution in [0.1, 0.15) is 31.2 Å². The number of halogens is 1.